The summed E-state index contributed by atoms with van der Waals surface area (Å²) in [6.45, 7) is 0. The fourth-order valence-electron chi connectivity index (χ4n) is 3.76. The number of fused-ring (bicyclic) bond motifs is 2. The predicted molar refractivity (Wildman–Crippen MR) is 119 cm³/mol. The molecule has 1 aliphatic heterocycles. The molecule has 0 fully saturated rings. The highest BCUT2D eigenvalue weighted by atomic mass is 16.5. The summed E-state index contributed by atoms with van der Waals surface area (Å²) in [5.41, 5.74) is 4.41. The first-order valence-electron chi connectivity index (χ1n) is 9.93. The maximum absolute atomic E-state index is 6.15. The predicted octanol–water partition coefficient (Wildman–Crippen LogP) is 4.97. The molecular weight excluding hydrogens is 402 g/mol. The van der Waals surface area contributed by atoms with Crippen LogP contribution >= 0.6 is 0 Å². The van der Waals surface area contributed by atoms with E-state index in [1.165, 1.54) is 25.3 Å². The third kappa shape index (κ3) is 3.10. The lowest BCUT2D eigenvalue weighted by Gasteiger charge is -2.33. The largest absolute Gasteiger partial charge is 0.453 e. The van der Waals surface area contributed by atoms with Gasteiger partial charge in [-0.3, -0.25) is 0 Å². The number of nitrogens with zero attached hydrogens (tertiary/aromatic N) is 7. The average molecular weight is 417 g/mol. The molecule has 8 nitrogen and oxygen atoms in total. The van der Waals surface area contributed by atoms with Crippen LogP contribution in [0.25, 0.3) is 22.8 Å². The Kier molecular flexibility index (Phi) is 4.25. The molecule has 2 aromatic heterocycles. The molecule has 0 amide bonds. The lowest BCUT2D eigenvalue weighted by atomic mass is 10.0. The molecule has 6 rings (SSSR count). The van der Waals surface area contributed by atoms with Crippen LogP contribution in [0.1, 0.15) is 0 Å². The Morgan fingerprint density at radius 3 is 1.53 bits per heavy atom. The van der Waals surface area contributed by atoms with Crippen LogP contribution in [0.3, 0.4) is 0 Å². The molecule has 5 aromatic rings. The van der Waals surface area contributed by atoms with Gasteiger partial charge in [0, 0.05) is 16.8 Å². The van der Waals surface area contributed by atoms with Gasteiger partial charge < -0.3 is 9.64 Å². The van der Waals surface area contributed by atoms with E-state index in [-0.39, 0.29) is 0 Å². The number of hydrogen-bond acceptors (Lipinski definition) is 8. The highest BCUT2D eigenvalue weighted by Gasteiger charge is 2.26. The third-order valence-corrected chi connectivity index (χ3v) is 5.11. The quantitative estimate of drug-likeness (QED) is 0.399. The number of anilines is 3. The molecule has 0 aliphatic carbocycles. The summed E-state index contributed by atoms with van der Waals surface area (Å²) >= 11 is 0. The first-order valence-corrected chi connectivity index (χ1v) is 9.93. The van der Waals surface area contributed by atoms with Crippen molar-refractivity contribution in [2.45, 2.75) is 0 Å². The van der Waals surface area contributed by atoms with E-state index in [4.69, 9.17) is 4.74 Å². The van der Waals surface area contributed by atoms with Gasteiger partial charge in [-0.05, 0) is 42.5 Å². The van der Waals surface area contributed by atoms with Crippen LogP contribution < -0.4 is 9.64 Å². The van der Waals surface area contributed by atoms with E-state index in [0.29, 0.717) is 11.6 Å². The fourth-order valence-corrected chi connectivity index (χ4v) is 3.76. The Balaban J connectivity index is 1.61. The van der Waals surface area contributed by atoms with Crippen molar-refractivity contribution in [1.29, 1.82) is 0 Å². The lowest BCUT2D eigenvalue weighted by molar-refractivity contribution is 0.477. The van der Waals surface area contributed by atoms with Crippen molar-refractivity contribution in [3.8, 4) is 34.3 Å². The number of hydrogen-bond donors (Lipinski definition) is 0. The van der Waals surface area contributed by atoms with Gasteiger partial charge in [-0.1, -0.05) is 24.3 Å². The second-order valence-corrected chi connectivity index (χ2v) is 7.07. The van der Waals surface area contributed by atoms with Crippen LogP contribution in [0.5, 0.6) is 11.5 Å². The molecule has 0 saturated heterocycles. The minimum Gasteiger partial charge on any atom is -0.453 e. The molecule has 0 N–H and O–H groups in total. The topological polar surface area (TPSA) is 89.8 Å². The number of benzene rings is 3. The second-order valence-electron chi connectivity index (χ2n) is 7.07. The molecular formula is C24H15N7O. The summed E-state index contributed by atoms with van der Waals surface area (Å²) in [5.74, 6) is 2.68. The zero-order valence-corrected chi connectivity index (χ0v) is 16.7. The molecule has 8 heteroatoms. The zero-order valence-electron chi connectivity index (χ0n) is 16.7. The Morgan fingerprint density at radius 1 is 0.562 bits per heavy atom. The second kappa shape index (κ2) is 7.51. The summed E-state index contributed by atoms with van der Waals surface area (Å²) < 4.78 is 6.15. The van der Waals surface area contributed by atoms with E-state index in [2.05, 4.69) is 34.8 Å². The van der Waals surface area contributed by atoms with E-state index in [1.54, 1.807) is 0 Å². The monoisotopic (exact) mass is 417 g/mol. The highest BCUT2D eigenvalue weighted by molar-refractivity contribution is 5.88. The summed E-state index contributed by atoms with van der Waals surface area (Å²) in [6, 6.07) is 21.9. The number of ether oxygens (including phenoxy) is 1. The van der Waals surface area contributed by atoms with E-state index in [1.807, 2.05) is 66.7 Å². The Labute approximate surface area is 183 Å². The molecule has 32 heavy (non-hydrogen) atoms. The van der Waals surface area contributed by atoms with Gasteiger partial charge in [-0.2, -0.15) is 0 Å². The standard InChI is InChI=1S/C24H15N7O/c1-3-7-21-19(5-1)31(20-6-2-4-8-22(20)32-21)18-10-16(23-27-12-25-13-28-23)9-17(11-18)24-29-14-26-15-30-24/h1-15H. The van der Waals surface area contributed by atoms with Gasteiger partial charge in [0.15, 0.2) is 23.1 Å². The lowest BCUT2D eigenvalue weighted by Crippen LogP contribution is -2.16. The van der Waals surface area contributed by atoms with Crippen molar-refractivity contribution in [3.63, 3.8) is 0 Å². The van der Waals surface area contributed by atoms with Gasteiger partial charge in [0.2, 0.25) is 0 Å². The van der Waals surface area contributed by atoms with Gasteiger partial charge in [0.05, 0.1) is 11.4 Å². The zero-order chi connectivity index (χ0) is 21.3. The van der Waals surface area contributed by atoms with E-state index in [0.717, 1.165) is 39.7 Å². The van der Waals surface area contributed by atoms with Crippen LogP contribution in [-0.2, 0) is 0 Å². The normalized spacial score (nSPS) is 11.9. The van der Waals surface area contributed by atoms with Crippen molar-refractivity contribution < 1.29 is 4.74 Å². The van der Waals surface area contributed by atoms with Crippen molar-refractivity contribution in [3.05, 3.63) is 92.0 Å². The Bertz CT molecular complexity index is 1310. The Hall–Kier alpha value is -4.72. The van der Waals surface area contributed by atoms with Gasteiger partial charge in [-0.25, -0.2) is 29.9 Å². The maximum atomic E-state index is 6.15. The van der Waals surface area contributed by atoms with Crippen LogP contribution in [0.15, 0.2) is 92.0 Å². The highest BCUT2D eigenvalue weighted by Crippen LogP contribution is 2.50. The summed E-state index contributed by atoms with van der Waals surface area (Å²) in [4.78, 5) is 27.4. The van der Waals surface area contributed by atoms with E-state index in [9.17, 15) is 0 Å². The average Bonchev–Trinajstić information content (AvgIpc) is 2.88. The number of rotatable bonds is 3. The van der Waals surface area contributed by atoms with Crippen molar-refractivity contribution >= 4 is 17.1 Å². The summed E-state index contributed by atoms with van der Waals surface area (Å²) in [7, 11) is 0. The molecule has 3 heterocycles. The van der Waals surface area contributed by atoms with Crippen molar-refractivity contribution in [1.82, 2.24) is 29.9 Å². The molecule has 152 valence electrons. The minimum atomic E-state index is 0.562. The maximum Gasteiger partial charge on any atom is 0.162 e. The molecule has 1 aliphatic rings. The van der Waals surface area contributed by atoms with Gasteiger partial charge in [-0.15, -0.1) is 0 Å². The minimum absolute atomic E-state index is 0.562. The Morgan fingerprint density at radius 2 is 1.03 bits per heavy atom. The van der Waals surface area contributed by atoms with Crippen molar-refractivity contribution in [2.24, 2.45) is 0 Å². The molecule has 0 bridgehead atoms. The molecule has 0 saturated carbocycles. The number of para-hydroxylation sites is 4. The first kappa shape index (κ1) is 18.1. The van der Waals surface area contributed by atoms with E-state index >= 15 is 0 Å². The summed E-state index contributed by atoms with van der Waals surface area (Å²) in [5, 5.41) is 0. The van der Waals surface area contributed by atoms with Gasteiger partial charge >= 0.3 is 0 Å². The summed E-state index contributed by atoms with van der Waals surface area (Å²) in [6.07, 6.45) is 5.93. The van der Waals surface area contributed by atoms with Crippen LogP contribution in [-0.4, -0.2) is 29.9 Å². The molecule has 3 aromatic carbocycles. The SMILES string of the molecule is c1ccc2c(c1)Oc1ccccc1N2c1cc(-c2ncncn2)cc(-c2ncncn2)c1. The molecule has 0 unspecified atom stereocenters. The molecule has 0 atom stereocenters. The number of aromatic nitrogens is 6. The van der Waals surface area contributed by atoms with Crippen LogP contribution in [0, 0.1) is 0 Å². The van der Waals surface area contributed by atoms with Gasteiger partial charge in [0.25, 0.3) is 0 Å². The van der Waals surface area contributed by atoms with Crippen LogP contribution in [0.4, 0.5) is 17.1 Å². The van der Waals surface area contributed by atoms with Crippen LogP contribution in [0.2, 0.25) is 0 Å². The smallest absolute Gasteiger partial charge is 0.162 e. The fraction of sp³-hybridized carbons (Fsp3) is 0. The third-order valence-electron chi connectivity index (χ3n) is 5.11. The van der Waals surface area contributed by atoms with Crippen molar-refractivity contribution in [2.75, 3.05) is 4.90 Å². The first-order chi connectivity index (χ1) is 15.9. The molecule has 0 spiro atoms. The van der Waals surface area contributed by atoms with Gasteiger partial charge in [0.1, 0.15) is 25.3 Å². The van der Waals surface area contributed by atoms with E-state index < -0.39 is 0 Å². The molecule has 0 radical (unpaired) electrons.